The number of carbonyl (C=O) groups excluding carboxylic acids is 1. The van der Waals surface area contributed by atoms with Crippen molar-refractivity contribution in [3.8, 4) is 0 Å². The topological polar surface area (TPSA) is 91.6 Å². The molecular formula is C10H14N6O. The molecule has 0 aliphatic rings. The lowest BCUT2D eigenvalue weighted by Gasteiger charge is -1.98. The van der Waals surface area contributed by atoms with Gasteiger partial charge in [-0.05, 0) is 0 Å². The van der Waals surface area contributed by atoms with Crippen LogP contribution in [0.5, 0.6) is 0 Å². The molecule has 0 aliphatic heterocycles. The van der Waals surface area contributed by atoms with Gasteiger partial charge < -0.3 is 10.3 Å². The molecule has 0 atom stereocenters. The van der Waals surface area contributed by atoms with Crippen LogP contribution in [0.3, 0.4) is 0 Å². The predicted octanol–water partition coefficient (Wildman–Crippen LogP) is -0.604. The molecule has 0 radical (unpaired) electrons. The van der Waals surface area contributed by atoms with Gasteiger partial charge in [-0.25, -0.2) is 4.98 Å². The monoisotopic (exact) mass is 234 g/mol. The second-order valence-corrected chi connectivity index (χ2v) is 3.71. The Balaban J connectivity index is 2.07. The molecule has 0 spiro atoms. The number of carbonyl (C=O) groups is 1. The van der Waals surface area contributed by atoms with Crippen LogP contribution in [0.1, 0.15) is 16.3 Å². The second kappa shape index (κ2) is 4.88. The zero-order valence-corrected chi connectivity index (χ0v) is 9.58. The fourth-order valence-electron chi connectivity index (χ4n) is 1.47. The van der Waals surface area contributed by atoms with Gasteiger partial charge in [0.2, 0.25) is 0 Å². The summed E-state index contributed by atoms with van der Waals surface area (Å²) in [6, 6.07) is 0. The first-order chi connectivity index (χ1) is 8.20. The number of nitrogens with zero attached hydrogens (tertiary/aromatic N) is 5. The van der Waals surface area contributed by atoms with Gasteiger partial charge in [-0.1, -0.05) is 5.21 Å². The van der Waals surface area contributed by atoms with E-state index in [-0.39, 0.29) is 12.2 Å². The quantitative estimate of drug-likeness (QED) is 0.697. The van der Waals surface area contributed by atoms with Crippen LogP contribution in [0, 0.1) is 0 Å². The van der Waals surface area contributed by atoms with Crippen LogP contribution in [0.25, 0.3) is 0 Å². The average molecular weight is 234 g/mol. The van der Waals surface area contributed by atoms with E-state index in [4.69, 9.17) is 5.73 Å². The Kier molecular flexibility index (Phi) is 3.29. The molecule has 0 unspecified atom stereocenters. The van der Waals surface area contributed by atoms with Crippen LogP contribution >= 0.6 is 0 Å². The Morgan fingerprint density at radius 1 is 1.53 bits per heavy atom. The summed E-state index contributed by atoms with van der Waals surface area (Å²) in [7, 11) is 1.85. The minimum atomic E-state index is -0.0948. The zero-order chi connectivity index (χ0) is 12.3. The molecule has 2 N–H and O–H groups in total. The van der Waals surface area contributed by atoms with Crippen molar-refractivity contribution in [3.63, 3.8) is 0 Å². The molecule has 2 aromatic rings. The number of Topliss-reactive ketones (excluding diaryl/α,β-unsaturated/α-hetero) is 1. The molecule has 2 heterocycles. The van der Waals surface area contributed by atoms with Gasteiger partial charge in [-0.2, -0.15) is 0 Å². The van der Waals surface area contributed by atoms with E-state index in [1.807, 2.05) is 11.6 Å². The minimum Gasteiger partial charge on any atom is -0.338 e. The molecule has 0 aliphatic carbocycles. The number of rotatable bonds is 5. The van der Waals surface area contributed by atoms with Crippen LogP contribution in [0.4, 0.5) is 0 Å². The van der Waals surface area contributed by atoms with E-state index in [0.717, 1.165) is 0 Å². The third-order valence-corrected chi connectivity index (χ3v) is 2.42. The third kappa shape index (κ3) is 2.56. The van der Waals surface area contributed by atoms with Gasteiger partial charge in [0, 0.05) is 26.0 Å². The zero-order valence-electron chi connectivity index (χ0n) is 9.58. The van der Waals surface area contributed by atoms with Crippen molar-refractivity contribution in [1.82, 2.24) is 24.5 Å². The molecule has 7 nitrogen and oxygen atoms in total. The van der Waals surface area contributed by atoms with Crippen molar-refractivity contribution in [1.29, 1.82) is 0 Å². The molecule has 0 amide bonds. The minimum absolute atomic E-state index is 0.0948. The average Bonchev–Trinajstić information content (AvgIpc) is 2.90. The van der Waals surface area contributed by atoms with Gasteiger partial charge in [0.15, 0.2) is 5.78 Å². The predicted molar refractivity (Wildman–Crippen MR) is 60.3 cm³/mol. The van der Waals surface area contributed by atoms with Crippen LogP contribution < -0.4 is 5.73 Å². The highest BCUT2D eigenvalue weighted by Crippen LogP contribution is 2.02. The summed E-state index contributed by atoms with van der Waals surface area (Å²) < 4.78 is 3.37. The highest BCUT2D eigenvalue weighted by molar-refractivity contribution is 5.94. The fraction of sp³-hybridized carbons (Fsp3) is 0.400. The van der Waals surface area contributed by atoms with Crippen molar-refractivity contribution in [3.05, 3.63) is 30.1 Å². The SMILES string of the molecule is Cn1ccnc1CC(=O)c1cn(CCN)nn1. The molecule has 17 heavy (non-hydrogen) atoms. The second-order valence-electron chi connectivity index (χ2n) is 3.71. The van der Waals surface area contributed by atoms with Gasteiger partial charge in [-0.15, -0.1) is 5.10 Å². The van der Waals surface area contributed by atoms with E-state index >= 15 is 0 Å². The first kappa shape index (κ1) is 11.5. The van der Waals surface area contributed by atoms with Crippen molar-refractivity contribution in [2.75, 3.05) is 6.54 Å². The summed E-state index contributed by atoms with van der Waals surface area (Å²) in [6.07, 6.45) is 5.30. The summed E-state index contributed by atoms with van der Waals surface area (Å²) >= 11 is 0. The highest BCUT2D eigenvalue weighted by atomic mass is 16.1. The van der Waals surface area contributed by atoms with Crippen molar-refractivity contribution in [2.24, 2.45) is 12.8 Å². The van der Waals surface area contributed by atoms with Crippen LogP contribution in [-0.2, 0) is 20.0 Å². The Morgan fingerprint density at radius 3 is 3.00 bits per heavy atom. The van der Waals surface area contributed by atoms with E-state index < -0.39 is 0 Å². The Bertz CT molecular complexity index is 514. The molecule has 0 fully saturated rings. The smallest absolute Gasteiger partial charge is 0.192 e. The number of hydrogen-bond donors (Lipinski definition) is 1. The van der Waals surface area contributed by atoms with Crippen molar-refractivity contribution < 1.29 is 4.79 Å². The molecule has 0 saturated heterocycles. The lowest BCUT2D eigenvalue weighted by atomic mass is 10.2. The van der Waals surface area contributed by atoms with Crippen molar-refractivity contribution >= 4 is 5.78 Å². The van der Waals surface area contributed by atoms with E-state index in [2.05, 4.69) is 15.3 Å². The van der Waals surface area contributed by atoms with E-state index in [1.54, 1.807) is 23.3 Å². The Morgan fingerprint density at radius 2 is 2.35 bits per heavy atom. The molecule has 0 bridgehead atoms. The number of hydrogen-bond acceptors (Lipinski definition) is 5. The number of nitrogens with two attached hydrogens (primary N) is 1. The summed E-state index contributed by atoms with van der Waals surface area (Å²) in [5.74, 6) is 0.617. The van der Waals surface area contributed by atoms with Gasteiger partial charge in [0.25, 0.3) is 0 Å². The normalized spacial score (nSPS) is 10.7. The summed E-state index contributed by atoms with van der Waals surface area (Å²) in [5, 5.41) is 7.63. The van der Waals surface area contributed by atoms with E-state index in [1.165, 1.54) is 0 Å². The standard InChI is InChI=1S/C10H14N6O/c1-15-5-3-12-10(15)6-9(17)8-7-16(4-2-11)14-13-8/h3,5,7H,2,4,6,11H2,1H3. The molecule has 7 heteroatoms. The van der Waals surface area contributed by atoms with E-state index in [0.29, 0.717) is 24.6 Å². The van der Waals surface area contributed by atoms with Gasteiger partial charge in [0.1, 0.15) is 11.5 Å². The molecule has 90 valence electrons. The molecule has 0 aromatic carbocycles. The lowest BCUT2D eigenvalue weighted by Crippen LogP contribution is -2.10. The Labute approximate surface area is 98.2 Å². The summed E-state index contributed by atoms with van der Waals surface area (Å²) in [5.41, 5.74) is 5.74. The Hall–Kier alpha value is -2.02. The molecular weight excluding hydrogens is 220 g/mol. The molecule has 0 saturated carbocycles. The fourth-order valence-corrected chi connectivity index (χ4v) is 1.47. The van der Waals surface area contributed by atoms with Gasteiger partial charge in [0.05, 0.1) is 19.2 Å². The molecule has 2 rings (SSSR count). The van der Waals surface area contributed by atoms with Gasteiger partial charge in [-0.3, -0.25) is 9.48 Å². The maximum atomic E-state index is 11.9. The van der Waals surface area contributed by atoms with Crippen LogP contribution in [-0.4, -0.2) is 36.9 Å². The highest BCUT2D eigenvalue weighted by Gasteiger charge is 2.13. The third-order valence-electron chi connectivity index (χ3n) is 2.42. The van der Waals surface area contributed by atoms with E-state index in [9.17, 15) is 4.79 Å². The molecule has 2 aromatic heterocycles. The summed E-state index contributed by atoms with van der Waals surface area (Å²) in [6.45, 7) is 1.03. The number of aryl methyl sites for hydroxylation is 1. The first-order valence-electron chi connectivity index (χ1n) is 5.30. The first-order valence-corrected chi connectivity index (χ1v) is 5.30. The number of aromatic nitrogens is 5. The van der Waals surface area contributed by atoms with Gasteiger partial charge >= 0.3 is 0 Å². The lowest BCUT2D eigenvalue weighted by molar-refractivity contribution is 0.0985. The van der Waals surface area contributed by atoms with Crippen molar-refractivity contribution in [2.45, 2.75) is 13.0 Å². The largest absolute Gasteiger partial charge is 0.338 e. The number of imidazole rings is 1. The van der Waals surface area contributed by atoms with Crippen LogP contribution in [0.2, 0.25) is 0 Å². The maximum Gasteiger partial charge on any atom is 0.192 e. The summed E-state index contributed by atoms with van der Waals surface area (Å²) in [4.78, 5) is 16.0. The van der Waals surface area contributed by atoms with Crippen LogP contribution in [0.15, 0.2) is 18.6 Å². The number of ketones is 1. The maximum absolute atomic E-state index is 11.9.